The minimum Gasteiger partial charge on any atom is -0.309 e. The second-order valence-corrected chi connectivity index (χ2v) is 7.54. The molecule has 2 nitrogen and oxygen atoms in total. The van der Waals surface area contributed by atoms with Gasteiger partial charge >= 0.3 is 0 Å². The van der Waals surface area contributed by atoms with E-state index in [9.17, 15) is 4.79 Å². The maximum atomic E-state index is 13.0. The summed E-state index contributed by atoms with van der Waals surface area (Å²) >= 11 is 1.63. The summed E-state index contributed by atoms with van der Waals surface area (Å²) < 4.78 is 0. The molecule has 3 heteroatoms. The Balaban J connectivity index is 1.72. The minimum absolute atomic E-state index is 0.221. The number of nitrogens with zero attached hydrogens (tertiary/aromatic N) is 1. The molecule has 2 aromatic carbocycles. The molecule has 0 heterocycles. The highest BCUT2D eigenvalue weighted by Crippen LogP contribution is 2.29. The SMILES string of the molecule is Cc1ccc(SCC(=O)N(c2ccccc2)C2CCCCC2)cc1. The molecule has 1 aliphatic carbocycles. The van der Waals surface area contributed by atoms with Crippen LogP contribution < -0.4 is 4.90 Å². The second-order valence-electron chi connectivity index (χ2n) is 6.49. The largest absolute Gasteiger partial charge is 0.309 e. The summed E-state index contributed by atoms with van der Waals surface area (Å²) in [7, 11) is 0. The van der Waals surface area contributed by atoms with E-state index in [1.807, 2.05) is 18.2 Å². The van der Waals surface area contributed by atoms with Crippen LogP contribution in [0.3, 0.4) is 0 Å². The Bertz CT molecular complexity index is 647. The molecule has 0 bridgehead atoms. The van der Waals surface area contributed by atoms with Crippen molar-refractivity contribution < 1.29 is 4.79 Å². The predicted molar refractivity (Wildman–Crippen MR) is 103 cm³/mol. The molecule has 2 aromatic rings. The first-order chi connectivity index (χ1) is 11.7. The van der Waals surface area contributed by atoms with E-state index in [2.05, 4.69) is 48.2 Å². The maximum absolute atomic E-state index is 13.0. The lowest BCUT2D eigenvalue weighted by molar-refractivity contribution is -0.116. The van der Waals surface area contributed by atoms with Gasteiger partial charge in [0, 0.05) is 16.6 Å². The highest BCUT2D eigenvalue weighted by Gasteiger charge is 2.26. The third-order valence-electron chi connectivity index (χ3n) is 4.63. The Kier molecular flexibility index (Phi) is 5.97. The monoisotopic (exact) mass is 339 g/mol. The lowest BCUT2D eigenvalue weighted by Gasteiger charge is -2.34. The van der Waals surface area contributed by atoms with Gasteiger partial charge in [-0.25, -0.2) is 0 Å². The van der Waals surface area contributed by atoms with E-state index in [4.69, 9.17) is 0 Å². The van der Waals surface area contributed by atoms with E-state index in [0.717, 1.165) is 23.4 Å². The summed E-state index contributed by atoms with van der Waals surface area (Å²) in [5, 5.41) is 0. The van der Waals surface area contributed by atoms with Gasteiger partial charge in [-0.2, -0.15) is 0 Å². The van der Waals surface area contributed by atoms with Gasteiger partial charge in [0.25, 0.3) is 0 Å². The number of para-hydroxylation sites is 1. The first-order valence-electron chi connectivity index (χ1n) is 8.80. The highest BCUT2D eigenvalue weighted by atomic mass is 32.2. The van der Waals surface area contributed by atoms with Crippen molar-refractivity contribution in [2.75, 3.05) is 10.7 Å². The van der Waals surface area contributed by atoms with E-state index in [1.165, 1.54) is 24.8 Å². The van der Waals surface area contributed by atoms with Gasteiger partial charge in [0.05, 0.1) is 5.75 Å². The second kappa shape index (κ2) is 8.39. The first-order valence-corrected chi connectivity index (χ1v) is 9.79. The molecule has 1 aliphatic rings. The average molecular weight is 340 g/mol. The Morgan fingerprint density at radius 1 is 1.00 bits per heavy atom. The third kappa shape index (κ3) is 4.41. The number of carbonyl (C=O) groups excluding carboxylic acids is 1. The van der Waals surface area contributed by atoms with Crippen molar-refractivity contribution in [2.45, 2.75) is 50.0 Å². The van der Waals surface area contributed by atoms with E-state index >= 15 is 0 Å². The molecule has 0 N–H and O–H groups in total. The highest BCUT2D eigenvalue weighted by molar-refractivity contribution is 8.00. The number of rotatable bonds is 5. The molecule has 0 aromatic heterocycles. The van der Waals surface area contributed by atoms with Gasteiger partial charge in [0.15, 0.2) is 0 Å². The minimum atomic E-state index is 0.221. The molecule has 0 spiro atoms. The molecule has 126 valence electrons. The normalized spacial score (nSPS) is 15.2. The van der Waals surface area contributed by atoms with Crippen LogP contribution in [0, 0.1) is 6.92 Å². The smallest absolute Gasteiger partial charge is 0.237 e. The van der Waals surface area contributed by atoms with Gasteiger partial charge in [-0.3, -0.25) is 4.79 Å². The van der Waals surface area contributed by atoms with Crippen molar-refractivity contribution in [3.63, 3.8) is 0 Å². The van der Waals surface area contributed by atoms with E-state index in [1.54, 1.807) is 11.8 Å². The summed E-state index contributed by atoms with van der Waals surface area (Å²) in [6, 6.07) is 18.9. The van der Waals surface area contributed by atoms with Gasteiger partial charge in [-0.05, 0) is 44.0 Å². The van der Waals surface area contributed by atoms with E-state index in [0.29, 0.717) is 11.8 Å². The lowest BCUT2D eigenvalue weighted by atomic mass is 9.93. The fourth-order valence-corrected chi connectivity index (χ4v) is 4.09. The van der Waals surface area contributed by atoms with Crippen LogP contribution in [0.4, 0.5) is 5.69 Å². The zero-order valence-electron chi connectivity index (χ0n) is 14.3. The molecule has 0 saturated heterocycles. The van der Waals surface area contributed by atoms with E-state index in [-0.39, 0.29) is 5.91 Å². The van der Waals surface area contributed by atoms with Gasteiger partial charge < -0.3 is 4.90 Å². The Morgan fingerprint density at radius 3 is 2.33 bits per heavy atom. The molecule has 0 radical (unpaired) electrons. The number of amides is 1. The summed E-state index contributed by atoms with van der Waals surface area (Å²) in [5.74, 6) is 0.715. The molecule has 1 saturated carbocycles. The first kappa shape index (κ1) is 17.1. The fourth-order valence-electron chi connectivity index (χ4n) is 3.34. The average Bonchev–Trinajstić information content (AvgIpc) is 2.63. The molecule has 0 unspecified atom stereocenters. The Morgan fingerprint density at radius 2 is 1.67 bits per heavy atom. The maximum Gasteiger partial charge on any atom is 0.237 e. The third-order valence-corrected chi connectivity index (χ3v) is 5.62. The lowest BCUT2D eigenvalue weighted by Crippen LogP contribution is -2.42. The van der Waals surface area contributed by atoms with Crippen LogP contribution in [-0.2, 0) is 4.79 Å². The molecule has 0 atom stereocenters. The van der Waals surface area contributed by atoms with Crippen molar-refractivity contribution in [1.82, 2.24) is 0 Å². The van der Waals surface area contributed by atoms with Gasteiger partial charge in [0.2, 0.25) is 5.91 Å². The Hall–Kier alpha value is -1.74. The summed E-state index contributed by atoms with van der Waals surface area (Å²) in [6.07, 6.45) is 6.00. The van der Waals surface area contributed by atoms with Gasteiger partial charge in [0.1, 0.15) is 0 Å². The van der Waals surface area contributed by atoms with E-state index < -0.39 is 0 Å². The molecule has 24 heavy (non-hydrogen) atoms. The number of thioether (sulfide) groups is 1. The van der Waals surface area contributed by atoms with Crippen LogP contribution >= 0.6 is 11.8 Å². The number of hydrogen-bond donors (Lipinski definition) is 0. The van der Waals surface area contributed by atoms with Gasteiger partial charge in [-0.1, -0.05) is 55.2 Å². The molecule has 3 rings (SSSR count). The molecular weight excluding hydrogens is 314 g/mol. The van der Waals surface area contributed by atoms with Crippen molar-refractivity contribution in [3.8, 4) is 0 Å². The number of carbonyl (C=O) groups is 1. The van der Waals surface area contributed by atoms with Crippen LogP contribution in [0.1, 0.15) is 37.7 Å². The molecular formula is C21H25NOS. The topological polar surface area (TPSA) is 20.3 Å². The predicted octanol–water partition coefficient (Wildman–Crippen LogP) is 5.45. The fraction of sp³-hybridized carbons (Fsp3) is 0.381. The van der Waals surface area contributed by atoms with Crippen LogP contribution in [0.25, 0.3) is 0 Å². The van der Waals surface area contributed by atoms with Crippen LogP contribution in [0.5, 0.6) is 0 Å². The zero-order chi connectivity index (χ0) is 16.8. The van der Waals surface area contributed by atoms with Crippen LogP contribution in [0.15, 0.2) is 59.5 Å². The quantitative estimate of drug-likeness (QED) is 0.675. The van der Waals surface area contributed by atoms with Crippen LogP contribution in [0.2, 0.25) is 0 Å². The molecule has 0 aliphatic heterocycles. The van der Waals surface area contributed by atoms with Crippen LogP contribution in [-0.4, -0.2) is 17.7 Å². The van der Waals surface area contributed by atoms with Crippen molar-refractivity contribution >= 4 is 23.4 Å². The van der Waals surface area contributed by atoms with Crippen molar-refractivity contribution in [1.29, 1.82) is 0 Å². The number of benzene rings is 2. The molecule has 1 amide bonds. The number of hydrogen-bond acceptors (Lipinski definition) is 2. The number of anilines is 1. The Labute approximate surface area is 149 Å². The zero-order valence-corrected chi connectivity index (χ0v) is 15.1. The summed E-state index contributed by atoms with van der Waals surface area (Å²) in [4.78, 5) is 16.2. The summed E-state index contributed by atoms with van der Waals surface area (Å²) in [5.41, 5.74) is 2.29. The summed E-state index contributed by atoms with van der Waals surface area (Å²) in [6.45, 7) is 2.08. The van der Waals surface area contributed by atoms with Crippen molar-refractivity contribution in [3.05, 3.63) is 60.2 Å². The molecule has 1 fully saturated rings. The van der Waals surface area contributed by atoms with Crippen molar-refractivity contribution in [2.24, 2.45) is 0 Å². The number of aryl methyl sites for hydroxylation is 1. The van der Waals surface area contributed by atoms with Gasteiger partial charge in [-0.15, -0.1) is 11.8 Å². The standard InChI is InChI=1S/C21H25NOS/c1-17-12-14-20(15-13-17)24-16-21(23)22(18-8-4-2-5-9-18)19-10-6-3-7-11-19/h2,4-5,8-9,12-15,19H,3,6-7,10-11,16H2,1H3.